The molecule has 1 amide bonds. The minimum absolute atomic E-state index is 0.0265. The summed E-state index contributed by atoms with van der Waals surface area (Å²) in [5.41, 5.74) is 1.36. The number of amides is 1. The van der Waals surface area contributed by atoms with E-state index in [1.54, 1.807) is 36.6 Å². The van der Waals surface area contributed by atoms with Crippen molar-refractivity contribution in [2.45, 2.75) is 13.5 Å². The zero-order chi connectivity index (χ0) is 17.6. The summed E-state index contributed by atoms with van der Waals surface area (Å²) in [4.78, 5) is 31.7. The van der Waals surface area contributed by atoms with E-state index in [-0.39, 0.29) is 17.4 Å². The molecule has 0 aliphatic rings. The molecule has 0 atom stereocenters. The summed E-state index contributed by atoms with van der Waals surface area (Å²) in [7, 11) is 0. The molecule has 25 heavy (non-hydrogen) atoms. The van der Waals surface area contributed by atoms with E-state index < -0.39 is 0 Å². The average Bonchev–Trinajstić information content (AvgIpc) is 3.14. The zero-order valence-corrected chi connectivity index (χ0v) is 13.5. The van der Waals surface area contributed by atoms with E-state index in [1.165, 1.54) is 19.3 Å². The van der Waals surface area contributed by atoms with Gasteiger partial charge in [-0.3, -0.25) is 9.59 Å². The van der Waals surface area contributed by atoms with Gasteiger partial charge in [-0.05, 0) is 43.3 Å². The lowest BCUT2D eigenvalue weighted by molar-refractivity contribution is 0.101. The fourth-order valence-electron chi connectivity index (χ4n) is 2.11. The number of hydrogen-bond donors (Lipinski definition) is 2. The number of carbonyl (C=O) groups is 2. The van der Waals surface area contributed by atoms with Crippen molar-refractivity contribution in [3.05, 3.63) is 72.1 Å². The molecule has 0 saturated carbocycles. The number of hydrogen-bond acceptors (Lipinski definition) is 6. The van der Waals surface area contributed by atoms with Gasteiger partial charge in [-0.15, -0.1) is 0 Å². The van der Waals surface area contributed by atoms with Crippen molar-refractivity contribution in [1.29, 1.82) is 0 Å². The Balaban J connectivity index is 1.59. The van der Waals surface area contributed by atoms with Crippen LogP contribution in [0, 0.1) is 0 Å². The molecule has 3 aromatic rings. The Labute approximate surface area is 144 Å². The third kappa shape index (κ3) is 4.29. The number of Topliss-reactive ketones (excluding diaryl/α,β-unsaturated/α-hetero) is 1. The number of anilines is 2. The lowest BCUT2D eigenvalue weighted by Gasteiger charge is -2.06. The van der Waals surface area contributed by atoms with Gasteiger partial charge in [-0.2, -0.15) is 0 Å². The molecule has 0 fully saturated rings. The van der Waals surface area contributed by atoms with Gasteiger partial charge in [0.25, 0.3) is 5.91 Å². The second kappa shape index (κ2) is 7.39. The van der Waals surface area contributed by atoms with E-state index in [9.17, 15) is 9.59 Å². The van der Waals surface area contributed by atoms with Crippen LogP contribution in [0.3, 0.4) is 0 Å². The summed E-state index contributed by atoms with van der Waals surface area (Å²) in [5.74, 6) is 0.915. The molecule has 7 heteroatoms. The van der Waals surface area contributed by atoms with Crippen LogP contribution >= 0.6 is 0 Å². The Morgan fingerprint density at radius 2 is 1.88 bits per heavy atom. The third-order valence-electron chi connectivity index (χ3n) is 3.46. The van der Waals surface area contributed by atoms with Gasteiger partial charge < -0.3 is 15.1 Å². The number of carbonyl (C=O) groups excluding carboxylic acids is 2. The summed E-state index contributed by atoms with van der Waals surface area (Å²) in [6.07, 6.45) is 4.47. The number of ketones is 1. The molecule has 0 bridgehead atoms. The number of aromatic nitrogens is 2. The van der Waals surface area contributed by atoms with E-state index >= 15 is 0 Å². The molecular weight excluding hydrogens is 320 g/mol. The van der Waals surface area contributed by atoms with E-state index in [0.717, 1.165) is 5.76 Å². The maximum absolute atomic E-state index is 12.2. The number of furan rings is 1. The van der Waals surface area contributed by atoms with Crippen LogP contribution in [0.2, 0.25) is 0 Å². The highest BCUT2D eigenvalue weighted by atomic mass is 16.3. The number of nitrogens with zero attached hydrogens (tertiary/aromatic N) is 2. The molecule has 0 aliphatic carbocycles. The van der Waals surface area contributed by atoms with Crippen LogP contribution in [-0.2, 0) is 6.54 Å². The molecule has 0 saturated heterocycles. The minimum Gasteiger partial charge on any atom is -0.467 e. The van der Waals surface area contributed by atoms with E-state index in [1.807, 2.05) is 6.07 Å². The fourth-order valence-corrected chi connectivity index (χ4v) is 2.11. The molecule has 2 N–H and O–H groups in total. The van der Waals surface area contributed by atoms with Crippen molar-refractivity contribution in [2.75, 3.05) is 10.6 Å². The van der Waals surface area contributed by atoms with Crippen LogP contribution in [0.5, 0.6) is 0 Å². The van der Waals surface area contributed by atoms with Crippen LogP contribution in [0.15, 0.2) is 59.5 Å². The van der Waals surface area contributed by atoms with E-state index in [4.69, 9.17) is 4.42 Å². The van der Waals surface area contributed by atoms with Gasteiger partial charge in [0, 0.05) is 11.3 Å². The highest BCUT2D eigenvalue weighted by molar-refractivity contribution is 6.03. The number of nitrogens with one attached hydrogen (secondary N) is 2. The lowest BCUT2D eigenvalue weighted by atomic mass is 10.1. The quantitative estimate of drug-likeness (QED) is 0.671. The molecule has 2 heterocycles. The Morgan fingerprint density at radius 3 is 2.48 bits per heavy atom. The van der Waals surface area contributed by atoms with Crippen LogP contribution in [0.25, 0.3) is 0 Å². The first-order chi connectivity index (χ1) is 12.1. The average molecular weight is 336 g/mol. The van der Waals surface area contributed by atoms with E-state index in [0.29, 0.717) is 23.6 Å². The zero-order valence-electron chi connectivity index (χ0n) is 13.5. The molecule has 0 radical (unpaired) electrons. The van der Waals surface area contributed by atoms with Crippen molar-refractivity contribution in [3.8, 4) is 0 Å². The van der Waals surface area contributed by atoms with Gasteiger partial charge in [-0.25, -0.2) is 9.97 Å². The van der Waals surface area contributed by atoms with Gasteiger partial charge in [0.2, 0.25) is 0 Å². The number of rotatable bonds is 6. The van der Waals surface area contributed by atoms with E-state index in [2.05, 4.69) is 20.6 Å². The monoisotopic (exact) mass is 336 g/mol. The van der Waals surface area contributed by atoms with Crippen LogP contribution in [-0.4, -0.2) is 21.7 Å². The highest BCUT2D eigenvalue weighted by Crippen LogP contribution is 2.12. The molecule has 1 aromatic carbocycles. The van der Waals surface area contributed by atoms with Gasteiger partial charge >= 0.3 is 0 Å². The first-order valence-corrected chi connectivity index (χ1v) is 7.62. The fraction of sp³-hybridized carbons (Fsp3) is 0.111. The molecule has 0 spiro atoms. The van der Waals surface area contributed by atoms with Crippen LogP contribution in [0.1, 0.15) is 33.5 Å². The lowest BCUT2D eigenvalue weighted by Crippen LogP contribution is -2.14. The third-order valence-corrected chi connectivity index (χ3v) is 3.46. The van der Waals surface area contributed by atoms with Crippen molar-refractivity contribution in [2.24, 2.45) is 0 Å². The standard InChI is InChI=1S/C18H16N4O3/c1-12(23)13-4-6-14(7-5-13)22-18(24)16-10-21-17(11-19-16)20-9-15-3-2-8-25-15/h2-8,10-11H,9H2,1H3,(H,20,21)(H,22,24). The molecule has 126 valence electrons. The Kier molecular flexibility index (Phi) is 4.84. The first kappa shape index (κ1) is 16.4. The van der Waals surface area contributed by atoms with Crippen molar-refractivity contribution in [3.63, 3.8) is 0 Å². The largest absolute Gasteiger partial charge is 0.467 e. The smallest absolute Gasteiger partial charge is 0.275 e. The Morgan fingerprint density at radius 1 is 1.08 bits per heavy atom. The SMILES string of the molecule is CC(=O)c1ccc(NC(=O)c2cnc(NCc3ccco3)cn2)cc1. The molecule has 0 aliphatic heterocycles. The van der Waals surface area contributed by atoms with Gasteiger partial charge in [0.15, 0.2) is 5.78 Å². The normalized spacial score (nSPS) is 10.3. The van der Waals surface area contributed by atoms with Crippen LogP contribution < -0.4 is 10.6 Å². The Bertz CT molecular complexity index is 856. The number of benzene rings is 1. The summed E-state index contributed by atoms with van der Waals surface area (Å²) in [6, 6.07) is 10.3. The molecule has 0 unspecified atom stereocenters. The maximum Gasteiger partial charge on any atom is 0.275 e. The second-order valence-corrected chi connectivity index (χ2v) is 5.31. The second-order valence-electron chi connectivity index (χ2n) is 5.31. The minimum atomic E-state index is -0.374. The van der Waals surface area contributed by atoms with Gasteiger partial charge in [-0.1, -0.05) is 0 Å². The first-order valence-electron chi connectivity index (χ1n) is 7.62. The summed E-state index contributed by atoms with van der Waals surface area (Å²) < 4.78 is 5.21. The topological polar surface area (TPSA) is 97.1 Å². The molecule has 2 aromatic heterocycles. The summed E-state index contributed by atoms with van der Waals surface area (Å²) in [5, 5.41) is 5.76. The maximum atomic E-state index is 12.2. The van der Waals surface area contributed by atoms with Crippen molar-refractivity contribution in [1.82, 2.24) is 9.97 Å². The summed E-state index contributed by atoms with van der Waals surface area (Å²) in [6.45, 7) is 1.97. The predicted molar refractivity (Wildman–Crippen MR) is 92.5 cm³/mol. The van der Waals surface area contributed by atoms with Crippen molar-refractivity contribution < 1.29 is 14.0 Å². The van der Waals surface area contributed by atoms with Gasteiger partial charge in [0.05, 0.1) is 25.2 Å². The van der Waals surface area contributed by atoms with Crippen molar-refractivity contribution >= 4 is 23.2 Å². The Hall–Kier alpha value is -3.48. The molecular formula is C18H16N4O3. The highest BCUT2D eigenvalue weighted by Gasteiger charge is 2.09. The molecule has 3 rings (SSSR count). The molecule has 7 nitrogen and oxygen atoms in total. The summed E-state index contributed by atoms with van der Waals surface area (Å²) >= 11 is 0. The van der Waals surface area contributed by atoms with Crippen LogP contribution in [0.4, 0.5) is 11.5 Å². The predicted octanol–water partition coefficient (Wildman–Crippen LogP) is 3.14. The van der Waals surface area contributed by atoms with Gasteiger partial charge in [0.1, 0.15) is 17.3 Å².